The van der Waals surface area contributed by atoms with Gasteiger partial charge in [0.15, 0.2) is 0 Å². The lowest BCUT2D eigenvalue weighted by molar-refractivity contribution is -0.118. The predicted octanol–water partition coefficient (Wildman–Crippen LogP) is 3.23. The van der Waals surface area contributed by atoms with Crippen LogP contribution >= 0.6 is 27.7 Å². The van der Waals surface area contributed by atoms with Gasteiger partial charge in [0.25, 0.3) is 0 Å². The SMILES string of the molecule is Cc1cc(SCC(=O)NCCCN(C)C)c(C)cc1Br. The minimum Gasteiger partial charge on any atom is -0.355 e. The Morgan fingerprint density at radius 2 is 2.00 bits per heavy atom. The van der Waals surface area contributed by atoms with Gasteiger partial charge in [-0.25, -0.2) is 0 Å². The van der Waals surface area contributed by atoms with Gasteiger partial charge in [-0.15, -0.1) is 11.8 Å². The third-order valence-electron chi connectivity index (χ3n) is 2.92. The molecule has 1 N–H and O–H groups in total. The van der Waals surface area contributed by atoms with E-state index in [2.05, 4.69) is 52.1 Å². The summed E-state index contributed by atoms with van der Waals surface area (Å²) in [5.41, 5.74) is 2.40. The first-order chi connectivity index (χ1) is 9.40. The van der Waals surface area contributed by atoms with E-state index in [1.807, 2.05) is 14.1 Å². The number of thioether (sulfide) groups is 1. The van der Waals surface area contributed by atoms with Crippen LogP contribution in [-0.2, 0) is 4.79 Å². The summed E-state index contributed by atoms with van der Waals surface area (Å²) in [6, 6.07) is 4.23. The second-order valence-corrected chi connectivity index (χ2v) is 7.03. The molecule has 3 nitrogen and oxygen atoms in total. The highest BCUT2D eigenvalue weighted by atomic mass is 79.9. The zero-order valence-electron chi connectivity index (χ0n) is 12.6. The van der Waals surface area contributed by atoms with Gasteiger partial charge in [-0.3, -0.25) is 4.79 Å². The van der Waals surface area contributed by atoms with E-state index in [0.717, 1.165) is 24.0 Å². The number of amides is 1. The number of carbonyl (C=O) groups is 1. The van der Waals surface area contributed by atoms with Crippen molar-refractivity contribution in [2.75, 3.05) is 32.9 Å². The average Bonchev–Trinajstić information content (AvgIpc) is 2.37. The molecule has 1 amide bonds. The van der Waals surface area contributed by atoms with Gasteiger partial charge in [0, 0.05) is 15.9 Å². The monoisotopic (exact) mass is 358 g/mol. The first-order valence-electron chi connectivity index (χ1n) is 6.71. The summed E-state index contributed by atoms with van der Waals surface area (Å²) in [7, 11) is 4.08. The summed E-state index contributed by atoms with van der Waals surface area (Å²) in [4.78, 5) is 15.1. The molecule has 0 aliphatic rings. The van der Waals surface area contributed by atoms with E-state index in [-0.39, 0.29) is 5.91 Å². The number of nitrogens with one attached hydrogen (secondary N) is 1. The van der Waals surface area contributed by atoms with Gasteiger partial charge >= 0.3 is 0 Å². The Kier molecular flexibility index (Phi) is 7.62. The molecule has 0 saturated heterocycles. The van der Waals surface area contributed by atoms with E-state index in [4.69, 9.17) is 0 Å². The topological polar surface area (TPSA) is 32.3 Å². The maximum atomic E-state index is 11.8. The summed E-state index contributed by atoms with van der Waals surface area (Å²) < 4.78 is 1.12. The van der Waals surface area contributed by atoms with E-state index in [1.54, 1.807) is 11.8 Å². The number of benzene rings is 1. The molecule has 0 fully saturated rings. The summed E-state index contributed by atoms with van der Waals surface area (Å²) >= 11 is 5.12. The fraction of sp³-hybridized carbons (Fsp3) is 0.533. The van der Waals surface area contributed by atoms with Gasteiger partial charge in [0.1, 0.15) is 0 Å². The fourth-order valence-corrected chi connectivity index (χ4v) is 3.12. The molecule has 112 valence electrons. The van der Waals surface area contributed by atoms with Gasteiger partial charge < -0.3 is 10.2 Å². The number of rotatable bonds is 7. The molecule has 1 aromatic carbocycles. The Hall–Kier alpha value is -0.520. The molecule has 0 spiro atoms. The van der Waals surface area contributed by atoms with Crippen LogP contribution in [0.4, 0.5) is 0 Å². The van der Waals surface area contributed by atoms with Crippen LogP contribution in [-0.4, -0.2) is 43.7 Å². The number of hydrogen-bond acceptors (Lipinski definition) is 3. The van der Waals surface area contributed by atoms with Gasteiger partial charge in [0.2, 0.25) is 5.91 Å². The molecule has 0 aliphatic heterocycles. The maximum absolute atomic E-state index is 11.8. The van der Waals surface area contributed by atoms with Crippen LogP contribution in [0.3, 0.4) is 0 Å². The zero-order valence-corrected chi connectivity index (χ0v) is 15.0. The van der Waals surface area contributed by atoms with Crippen LogP contribution < -0.4 is 5.32 Å². The first kappa shape index (κ1) is 17.5. The van der Waals surface area contributed by atoms with Crippen molar-refractivity contribution in [3.8, 4) is 0 Å². The molecule has 0 atom stereocenters. The molecular formula is C15H23BrN2OS. The Balaban J connectivity index is 2.36. The highest BCUT2D eigenvalue weighted by Gasteiger charge is 2.07. The lowest BCUT2D eigenvalue weighted by Crippen LogP contribution is -2.28. The Morgan fingerprint density at radius 3 is 2.65 bits per heavy atom. The standard InChI is InChI=1S/C15H23BrN2OS/c1-11-9-14(12(2)8-13(11)16)20-10-15(19)17-6-5-7-18(3)4/h8-9H,5-7,10H2,1-4H3,(H,17,19). The lowest BCUT2D eigenvalue weighted by Gasteiger charge is -2.11. The van der Waals surface area contributed by atoms with Crippen molar-refractivity contribution >= 4 is 33.6 Å². The molecule has 0 saturated carbocycles. The summed E-state index contributed by atoms with van der Waals surface area (Å²) in [5.74, 6) is 0.581. The number of halogens is 1. The van der Waals surface area contributed by atoms with Crippen molar-refractivity contribution < 1.29 is 4.79 Å². The van der Waals surface area contributed by atoms with E-state index < -0.39 is 0 Å². The second kappa shape index (κ2) is 8.70. The minimum absolute atomic E-state index is 0.105. The molecule has 20 heavy (non-hydrogen) atoms. The van der Waals surface area contributed by atoms with Crippen molar-refractivity contribution in [2.24, 2.45) is 0 Å². The maximum Gasteiger partial charge on any atom is 0.230 e. The normalized spacial score (nSPS) is 10.9. The van der Waals surface area contributed by atoms with Crippen molar-refractivity contribution in [1.29, 1.82) is 0 Å². The van der Waals surface area contributed by atoms with Crippen molar-refractivity contribution in [3.63, 3.8) is 0 Å². The van der Waals surface area contributed by atoms with Gasteiger partial charge in [-0.2, -0.15) is 0 Å². The summed E-state index contributed by atoms with van der Waals surface area (Å²) in [6.45, 7) is 5.88. The molecular weight excluding hydrogens is 336 g/mol. The van der Waals surface area contributed by atoms with Crippen LogP contribution in [0.2, 0.25) is 0 Å². The van der Waals surface area contributed by atoms with E-state index in [9.17, 15) is 4.79 Å². The molecule has 1 rings (SSSR count). The highest BCUT2D eigenvalue weighted by Crippen LogP contribution is 2.28. The number of aryl methyl sites for hydroxylation is 2. The number of carbonyl (C=O) groups excluding carboxylic acids is 1. The van der Waals surface area contributed by atoms with E-state index >= 15 is 0 Å². The Morgan fingerprint density at radius 1 is 1.30 bits per heavy atom. The van der Waals surface area contributed by atoms with E-state index in [1.165, 1.54) is 16.0 Å². The second-order valence-electron chi connectivity index (χ2n) is 5.16. The molecule has 0 aliphatic carbocycles. The van der Waals surface area contributed by atoms with Crippen LogP contribution in [0.15, 0.2) is 21.5 Å². The smallest absolute Gasteiger partial charge is 0.230 e. The molecule has 0 radical (unpaired) electrons. The van der Waals surface area contributed by atoms with Crippen molar-refractivity contribution in [3.05, 3.63) is 27.7 Å². The molecule has 0 unspecified atom stereocenters. The largest absolute Gasteiger partial charge is 0.355 e. The van der Waals surface area contributed by atoms with Gasteiger partial charge in [-0.1, -0.05) is 15.9 Å². The minimum atomic E-state index is 0.105. The summed E-state index contributed by atoms with van der Waals surface area (Å²) in [6.07, 6.45) is 0.986. The molecule has 5 heteroatoms. The van der Waals surface area contributed by atoms with Crippen LogP contribution in [0, 0.1) is 13.8 Å². The molecule has 0 heterocycles. The van der Waals surface area contributed by atoms with Gasteiger partial charge in [-0.05, 0) is 64.2 Å². The number of nitrogens with zero attached hydrogens (tertiary/aromatic N) is 1. The third-order valence-corrected chi connectivity index (χ3v) is 4.93. The fourth-order valence-electron chi connectivity index (χ4n) is 1.73. The third kappa shape index (κ3) is 6.29. The molecule has 1 aromatic rings. The predicted molar refractivity (Wildman–Crippen MR) is 90.5 cm³/mol. The lowest BCUT2D eigenvalue weighted by atomic mass is 10.2. The quantitative estimate of drug-likeness (QED) is 0.599. The Labute approximate surface area is 134 Å². The van der Waals surface area contributed by atoms with Crippen LogP contribution in [0.5, 0.6) is 0 Å². The highest BCUT2D eigenvalue weighted by molar-refractivity contribution is 9.10. The number of hydrogen-bond donors (Lipinski definition) is 1. The summed E-state index contributed by atoms with van der Waals surface area (Å²) in [5, 5.41) is 2.96. The zero-order chi connectivity index (χ0) is 15.1. The molecule has 0 aromatic heterocycles. The Bertz CT molecular complexity index is 463. The van der Waals surface area contributed by atoms with E-state index in [0.29, 0.717) is 5.75 Å². The van der Waals surface area contributed by atoms with Crippen LogP contribution in [0.25, 0.3) is 0 Å². The van der Waals surface area contributed by atoms with Crippen molar-refractivity contribution in [1.82, 2.24) is 10.2 Å². The molecule has 0 bridgehead atoms. The first-order valence-corrected chi connectivity index (χ1v) is 8.49. The van der Waals surface area contributed by atoms with Crippen LogP contribution in [0.1, 0.15) is 17.5 Å². The average molecular weight is 359 g/mol. The van der Waals surface area contributed by atoms with Crippen molar-refractivity contribution in [2.45, 2.75) is 25.2 Å². The van der Waals surface area contributed by atoms with Gasteiger partial charge in [0.05, 0.1) is 5.75 Å².